The summed E-state index contributed by atoms with van der Waals surface area (Å²) in [5.41, 5.74) is 6.47. The number of nitrogens with one attached hydrogen (secondary N) is 1. The molecule has 0 saturated carbocycles. The van der Waals surface area contributed by atoms with Crippen LogP contribution in [0.15, 0.2) is 18.2 Å². The highest BCUT2D eigenvalue weighted by atomic mass is 35.5. The lowest BCUT2D eigenvalue weighted by atomic mass is 9.99. The van der Waals surface area contributed by atoms with Gasteiger partial charge in [-0.1, -0.05) is 29.3 Å². The maximum atomic E-state index is 12.1. The highest BCUT2D eigenvalue weighted by Gasteiger charge is 2.24. The van der Waals surface area contributed by atoms with Crippen LogP contribution in [0, 0.1) is 0 Å². The first-order chi connectivity index (χ1) is 9.47. The minimum Gasteiger partial charge on any atom is -0.328 e. The molecule has 0 aromatic heterocycles. The summed E-state index contributed by atoms with van der Waals surface area (Å²) in [5, 5.41) is 3.61. The molecule has 2 unspecified atom stereocenters. The number of nitrogens with zero attached hydrogens (tertiary/aromatic N) is 1. The second-order valence-corrected chi connectivity index (χ2v) is 6.04. The van der Waals surface area contributed by atoms with Crippen LogP contribution in [0.5, 0.6) is 0 Å². The van der Waals surface area contributed by atoms with Crippen molar-refractivity contribution in [3.05, 3.63) is 28.2 Å². The first-order valence-corrected chi connectivity index (χ1v) is 7.46. The van der Waals surface area contributed by atoms with Crippen LogP contribution in [-0.2, 0) is 4.79 Å². The molecule has 1 aliphatic rings. The van der Waals surface area contributed by atoms with Crippen molar-refractivity contribution in [1.82, 2.24) is 4.90 Å². The van der Waals surface area contributed by atoms with Gasteiger partial charge in [0.2, 0.25) is 5.91 Å². The average Bonchev–Trinajstić information content (AvgIpc) is 2.38. The monoisotopic (exact) mass is 315 g/mol. The van der Waals surface area contributed by atoms with Crippen LogP contribution in [0.25, 0.3) is 0 Å². The third-order valence-corrected chi connectivity index (χ3v) is 4.45. The van der Waals surface area contributed by atoms with E-state index in [1.54, 1.807) is 18.2 Å². The van der Waals surface area contributed by atoms with Crippen molar-refractivity contribution in [3.8, 4) is 0 Å². The van der Waals surface area contributed by atoms with E-state index in [1.165, 1.54) is 0 Å². The molecule has 0 spiro atoms. The molecule has 0 bridgehead atoms. The van der Waals surface area contributed by atoms with E-state index >= 15 is 0 Å². The predicted octanol–water partition coefficient (Wildman–Crippen LogP) is 2.74. The Morgan fingerprint density at radius 3 is 2.95 bits per heavy atom. The van der Waals surface area contributed by atoms with Gasteiger partial charge in [0.1, 0.15) is 0 Å². The lowest BCUT2D eigenvalue weighted by Gasteiger charge is -2.35. The molecule has 1 saturated heterocycles. The molecule has 1 aromatic carbocycles. The maximum Gasteiger partial charge on any atom is 0.238 e. The number of halogens is 2. The zero-order valence-corrected chi connectivity index (χ0v) is 12.9. The van der Waals surface area contributed by atoms with Crippen LogP contribution in [-0.4, -0.2) is 36.0 Å². The quantitative estimate of drug-likeness (QED) is 0.901. The number of anilines is 1. The Bertz CT molecular complexity index is 495. The zero-order valence-electron chi connectivity index (χ0n) is 11.4. The summed E-state index contributed by atoms with van der Waals surface area (Å²) in [7, 11) is 0. The number of amides is 1. The Morgan fingerprint density at radius 1 is 1.50 bits per heavy atom. The molecule has 1 aliphatic heterocycles. The number of rotatable bonds is 3. The number of hydrogen-bond acceptors (Lipinski definition) is 3. The lowest BCUT2D eigenvalue weighted by molar-refractivity contribution is -0.118. The summed E-state index contributed by atoms with van der Waals surface area (Å²) >= 11 is 12.0. The second kappa shape index (κ2) is 6.76. The summed E-state index contributed by atoms with van der Waals surface area (Å²) in [6.45, 7) is 3.29. The molecule has 0 radical (unpaired) electrons. The van der Waals surface area contributed by atoms with Gasteiger partial charge < -0.3 is 11.1 Å². The molecule has 110 valence electrons. The smallest absolute Gasteiger partial charge is 0.238 e. The Balaban J connectivity index is 1.94. The summed E-state index contributed by atoms with van der Waals surface area (Å²) in [6.07, 6.45) is 1.85. The third-order valence-electron chi connectivity index (χ3n) is 3.63. The van der Waals surface area contributed by atoms with E-state index in [2.05, 4.69) is 17.1 Å². The van der Waals surface area contributed by atoms with Crippen LogP contribution in [0.2, 0.25) is 10.0 Å². The molecular weight excluding hydrogens is 297 g/mol. The van der Waals surface area contributed by atoms with Crippen LogP contribution in [0.3, 0.4) is 0 Å². The fourth-order valence-corrected chi connectivity index (χ4v) is 2.81. The predicted molar refractivity (Wildman–Crippen MR) is 83.3 cm³/mol. The number of carbonyl (C=O) groups excluding carboxylic acids is 1. The number of piperidine rings is 1. The van der Waals surface area contributed by atoms with Crippen molar-refractivity contribution in [2.24, 2.45) is 5.73 Å². The molecule has 6 heteroatoms. The topological polar surface area (TPSA) is 58.4 Å². The molecule has 1 aromatic rings. The molecule has 1 fully saturated rings. The van der Waals surface area contributed by atoms with Gasteiger partial charge in [0.25, 0.3) is 0 Å². The van der Waals surface area contributed by atoms with Crippen LogP contribution in [0.1, 0.15) is 19.8 Å². The Kier molecular flexibility index (Phi) is 5.27. The van der Waals surface area contributed by atoms with E-state index in [4.69, 9.17) is 28.9 Å². The minimum absolute atomic E-state index is 0.0866. The first kappa shape index (κ1) is 15.6. The molecule has 0 aliphatic carbocycles. The van der Waals surface area contributed by atoms with Gasteiger partial charge in [-0.05, 0) is 31.9 Å². The Labute approximate surface area is 129 Å². The van der Waals surface area contributed by atoms with Gasteiger partial charge in [0.15, 0.2) is 0 Å². The number of nitrogens with two attached hydrogens (primary N) is 1. The van der Waals surface area contributed by atoms with Crippen molar-refractivity contribution in [1.29, 1.82) is 0 Å². The van der Waals surface area contributed by atoms with E-state index in [0.717, 1.165) is 19.4 Å². The van der Waals surface area contributed by atoms with E-state index in [9.17, 15) is 4.79 Å². The Hall–Kier alpha value is -0.810. The highest BCUT2D eigenvalue weighted by Crippen LogP contribution is 2.29. The van der Waals surface area contributed by atoms with Crippen molar-refractivity contribution in [2.75, 3.05) is 18.4 Å². The van der Waals surface area contributed by atoms with Crippen molar-refractivity contribution < 1.29 is 4.79 Å². The molecular formula is C14H19Cl2N3O. The van der Waals surface area contributed by atoms with Crippen LogP contribution in [0.4, 0.5) is 5.69 Å². The van der Waals surface area contributed by atoms with Gasteiger partial charge in [-0.2, -0.15) is 0 Å². The molecule has 3 N–H and O–H groups in total. The van der Waals surface area contributed by atoms with E-state index in [0.29, 0.717) is 28.3 Å². The van der Waals surface area contributed by atoms with E-state index in [-0.39, 0.29) is 11.9 Å². The molecule has 4 nitrogen and oxygen atoms in total. The first-order valence-electron chi connectivity index (χ1n) is 6.71. The fourth-order valence-electron chi connectivity index (χ4n) is 2.47. The van der Waals surface area contributed by atoms with Crippen molar-refractivity contribution in [2.45, 2.75) is 31.8 Å². The van der Waals surface area contributed by atoms with Gasteiger partial charge in [-0.3, -0.25) is 9.69 Å². The van der Waals surface area contributed by atoms with E-state index in [1.807, 2.05) is 0 Å². The van der Waals surface area contributed by atoms with Crippen molar-refractivity contribution in [3.63, 3.8) is 0 Å². The minimum atomic E-state index is -0.0866. The summed E-state index contributed by atoms with van der Waals surface area (Å²) in [5.74, 6) is -0.0866. The summed E-state index contributed by atoms with van der Waals surface area (Å²) < 4.78 is 0. The number of benzene rings is 1. The number of hydrogen-bond donors (Lipinski definition) is 2. The fraction of sp³-hybridized carbons (Fsp3) is 0.500. The SMILES string of the molecule is CC1CC(N)CCN1CC(=O)Nc1cccc(Cl)c1Cl. The Morgan fingerprint density at radius 2 is 2.25 bits per heavy atom. The average molecular weight is 316 g/mol. The summed E-state index contributed by atoms with van der Waals surface area (Å²) in [6, 6.07) is 5.74. The van der Waals surface area contributed by atoms with Crippen LogP contribution >= 0.6 is 23.2 Å². The third kappa shape index (κ3) is 3.85. The molecule has 20 heavy (non-hydrogen) atoms. The molecule has 2 rings (SSSR count). The maximum absolute atomic E-state index is 12.1. The summed E-state index contributed by atoms with van der Waals surface area (Å²) in [4.78, 5) is 14.2. The number of likely N-dealkylation sites (tertiary alicyclic amines) is 1. The van der Waals surface area contributed by atoms with Crippen molar-refractivity contribution >= 4 is 34.8 Å². The standard InChI is InChI=1S/C14H19Cl2N3O/c1-9-7-10(17)5-6-19(9)8-13(20)18-12-4-2-3-11(15)14(12)16/h2-4,9-10H,5-8,17H2,1H3,(H,18,20). The van der Waals surface area contributed by atoms with Gasteiger partial charge >= 0.3 is 0 Å². The van der Waals surface area contributed by atoms with Gasteiger partial charge in [-0.15, -0.1) is 0 Å². The zero-order chi connectivity index (χ0) is 14.7. The number of carbonyl (C=O) groups is 1. The molecule has 1 heterocycles. The highest BCUT2D eigenvalue weighted by molar-refractivity contribution is 6.43. The van der Waals surface area contributed by atoms with Gasteiger partial charge in [-0.25, -0.2) is 0 Å². The lowest BCUT2D eigenvalue weighted by Crippen LogP contribution is -2.48. The van der Waals surface area contributed by atoms with Gasteiger partial charge in [0, 0.05) is 18.6 Å². The van der Waals surface area contributed by atoms with Gasteiger partial charge in [0.05, 0.1) is 22.3 Å². The second-order valence-electron chi connectivity index (χ2n) is 5.25. The molecule has 1 amide bonds. The molecule has 2 atom stereocenters. The normalized spacial score (nSPS) is 23.6. The largest absolute Gasteiger partial charge is 0.328 e. The van der Waals surface area contributed by atoms with E-state index < -0.39 is 0 Å². The van der Waals surface area contributed by atoms with Crippen LogP contribution < -0.4 is 11.1 Å².